The zero-order valence-electron chi connectivity index (χ0n) is 13.0. The number of ketones is 1. The Balaban J connectivity index is 1.65. The van der Waals surface area contributed by atoms with Gasteiger partial charge < -0.3 is 9.64 Å². The van der Waals surface area contributed by atoms with Crippen molar-refractivity contribution in [3.8, 4) is 5.75 Å². The SMILES string of the molecule is Cc1ccc(OCCCN2C(=O)C(=O)c3cc(Cl)cc(Cl)c32)cc1. The quantitative estimate of drug-likeness (QED) is 0.587. The van der Waals surface area contributed by atoms with Crippen molar-refractivity contribution in [3.63, 3.8) is 0 Å². The van der Waals surface area contributed by atoms with Gasteiger partial charge in [0, 0.05) is 11.6 Å². The molecule has 0 unspecified atom stereocenters. The average molecular weight is 364 g/mol. The van der Waals surface area contributed by atoms with Crippen LogP contribution in [0.3, 0.4) is 0 Å². The lowest BCUT2D eigenvalue weighted by Gasteiger charge is -2.18. The van der Waals surface area contributed by atoms with Gasteiger partial charge in [-0.1, -0.05) is 40.9 Å². The Bertz CT molecular complexity index is 803. The molecule has 0 aliphatic carbocycles. The predicted molar refractivity (Wildman–Crippen MR) is 94.4 cm³/mol. The second-order valence-electron chi connectivity index (χ2n) is 5.58. The summed E-state index contributed by atoms with van der Waals surface area (Å²) in [5.74, 6) is -0.381. The minimum atomic E-state index is -0.579. The Morgan fingerprint density at radius 3 is 2.50 bits per heavy atom. The molecule has 3 rings (SSSR count). The summed E-state index contributed by atoms with van der Waals surface area (Å²) >= 11 is 12.1. The molecule has 6 heteroatoms. The first-order valence-corrected chi connectivity index (χ1v) is 8.27. The molecule has 0 saturated heterocycles. The number of aryl methyl sites for hydroxylation is 1. The summed E-state index contributed by atoms with van der Waals surface area (Å²) < 4.78 is 5.64. The number of carbonyl (C=O) groups excluding carboxylic acids is 2. The number of rotatable bonds is 5. The largest absolute Gasteiger partial charge is 0.494 e. The predicted octanol–water partition coefficient (Wildman–Crippen LogP) is 4.30. The molecular weight excluding hydrogens is 349 g/mol. The van der Waals surface area contributed by atoms with Gasteiger partial charge >= 0.3 is 0 Å². The molecule has 124 valence electrons. The highest BCUT2D eigenvalue weighted by Crippen LogP contribution is 2.38. The number of fused-ring (bicyclic) bond motifs is 1. The van der Waals surface area contributed by atoms with Crippen molar-refractivity contribution in [1.29, 1.82) is 0 Å². The normalized spacial score (nSPS) is 13.4. The standard InChI is InChI=1S/C18H15Cl2NO3/c1-11-3-5-13(6-4-11)24-8-2-7-21-16-14(17(22)18(21)23)9-12(19)10-15(16)20/h3-6,9-10H,2,7-8H2,1H3. The van der Waals surface area contributed by atoms with Crippen LogP contribution >= 0.6 is 23.2 Å². The molecule has 1 aliphatic rings. The molecule has 1 amide bonds. The van der Waals surface area contributed by atoms with Crippen LogP contribution in [0.1, 0.15) is 22.3 Å². The molecule has 2 aromatic rings. The Labute approximate surface area is 149 Å². The number of carbonyl (C=O) groups is 2. The topological polar surface area (TPSA) is 46.6 Å². The molecule has 24 heavy (non-hydrogen) atoms. The van der Waals surface area contributed by atoms with Gasteiger partial charge in [0.15, 0.2) is 0 Å². The summed E-state index contributed by atoms with van der Waals surface area (Å²) in [6.07, 6.45) is 0.575. The summed E-state index contributed by atoms with van der Waals surface area (Å²) in [4.78, 5) is 25.6. The zero-order chi connectivity index (χ0) is 17.3. The number of ether oxygens (including phenoxy) is 1. The highest BCUT2D eigenvalue weighted by Gasteiger charge is 2.37. The number of hydrogen-bond donors (Lipinski definition) is 0. The van der Waals surface area contributed by atoms with Gasteiger partial charge in [-0.2, -0.15) is 0 Å². The maximum atomic E-state index is 12.2. The van der Waals surface area contributed by atoms with E-state index < -0.39 is 11.7 Å². The van der Waals surface area contributed by atoms with Crippen LogP contribution < -0.4 is 9.64 Å². The van der Waals surface area contributed by atoms with Gasteiger partial charge in [0.2, 0.25) is 0 Å². The number of amides is 1. The molecular formula is C18H15Cl2NO3. The van der Waals surface area contributed by atoms with Gasteiger partial charge in [0.1, 0.15) is 5.75 Å². The number of nitrogens with zero attached hydrogens (tertiary/aromatic N) is 1. The lowest BCUT2D eigenvalue weighted by molar-refractivity contribution is -0.114. The molecule has 2 aromatic carbocycles. The Kier molecular flexibility index (Phi) is 4.78. The van der Waals surface area contributed by atoms with E-state index >= 15 is 0 Å². The van der Waals surface area contributed by atoms with Gasteiger partial charge in [0.25, 0.3) is 11.7 Å². The van der Waals surface area contributed by atoms with Crippen molar-refractivity contribution in [3.05, 3.63) is 57.6 Å². The highest BCUT2D eigenvalue weighted by molar-refractivity contribution is 6.54. The number of anilines is 1. The fraction of sp³-hybridized carbons (Fsp3) is 0.222. The number of halogens is 2. The molecule has 1 heterocycles. The van der Waals surface area contributed by atoms with Crippen molar-refractivity contribution in [1.82, 2.24) is 0 Å². The van der Waals surface area contributed by atoms with Gasteiger partial charge in [-0.15, -0.1) is 0 Å². The van der Waals surface area contributed by atoms with Crippen LogP contribution in [0.5, 0.6) is 5.75 Å². The molecule has 0 saturated carbocycles. The third kappa shape index (κ3) is 3.25. The molecule has 0 radical (unpaired) electrons. The smallest absolute Gasteiger partial charge is 0.299 e. The number of Topliss-reactive ketones (excluding diaryl/α,β-unsaturated/α-hetero) is 1. The Hall–Kier alpha value is -2.04. The van der Waals surface area contributed by atoms with Crippen LogP contribution in [0.15, 0.2) is 36.4 Å². The monoisotopic (exact) mass is 363 g/mol. The average Bonchev–Trinajstić information content (AvgIpc) is 2.78. The van der Waals surface area contributed by atoms with Crippen molar-refractivity contribution >= 4 is 40.6 Å². The summed E-state index contributed by atoms with van der Waals surface area (Å²) in [7, 11) is 0. The van der Waals surface area contributed by atoms with Crippen LogP contribution in [0, 0.1) is 6.92 Å². The second kappa shape index (κ2) is 6.83. The minimum Gasteiger partial charge on any atom is -0.494 e. The fourth-order valence-electron chi connectivity index (χ4n) is 2.61. The molecule has 0 spiro atoms. The summed E-state index contributed by atoms with van der Waals surface area (Å²) in [5, 5.41) is 0.639. The molecule has 4 nitrogen and oxygen atoms in total. The second-order valence-corrected chi connectivity index (χ2v) is 6.43. The lowest BCUT2D eigenvalue weighted by Crippen LogP contribution is -2.31. The summed E-state index contributed by atoms with van der Waals surface area (Å²) in [6, 6.07) is 10.7. The first-order chi connectivity index (χ1) is 11.5. The third-order valence-electron chi connectivity index (χ3n) is 3.80. The maximum absolute atomic E-state index is 12.2. The van der Waals surface area contributed by atoms with Gasteiger partial charge in [-0.3, -0.25) is 9.59 Å². The van der Waals surface area contributed by atoms with Gasteiger partial charge in [-0.25, -0.2) is 0 Å². The summed E-state index contributed by atoms with van der Waals surface area (Å²) in [6.45, 7) is 2.79. The van der Waals surface area contributed by atoms with Crippen molar-refractivity contribution in [2.75, 3.05) is 18.1 Å². The first kappa shape index (κ1) is 16.8. The molecule has 0 N–H and O–H groups in total. The fourth-order valence-corrected chi connectivity index (χ4v) is 3.21. The maximum Gasteiger partial charge on any atom is 0.299 e. The minimum absolute atomic E-state index is 0.261. The first-order valence-electron chi connectivity index (χ1n) is 7.52. The van der Waals surface area contributed by atoms with E-state index in [4.69, 9.17) is 27.9 Å². The molecule has 1 aliphatic heterocycles. The van der Waals surface area contributed by atoms with E-state index in [0.717, 1.165) is 11.3 Å². The van der Waals surface area contributed by atoms with Crippen LogP contribution in [-0.4, -0.2) is 24.8 Å². The van der Waals surface area contributed by atoms with Crippen molar-refractivity contribution < 1.29 is 14.3 Å². The molecule has 0 bridgehead atoms. The van der Waals surface area contributed by atoms with Crippen LogP contribution in [0.4, 0.5) is 5.69 Å². The van der Waals surface area contributed by atoms with E-state index in [9.17, 15) is 9.59 Å². The van der Waals surface area contributed by atoms with E-state index in [-0.39, 0.29) is 5.56 Å². The van der Waals surface area contributed by atoms with Crippen molar-refractivity contribution in [2.45, 2.75) is 13.3 Å². The van der Waals surface area contributed by atoms with Crippen LogP contribution in [0.2, 0.25) is 10.0 Å². The van der Waals surface area contributed by atoms with Crippen LogP contribution in [-0.2, 0) is 4.79 Å². The van der Waals surface area contributed by atoms with E-state index in [1.54, 1.807) is 0 Å². The van der Waals surface area contributed by atoms with Crippen molar-refractivity contribution in [2.24, 2.45) is 0 Å². The Morgan fingerprint density at radius 2 is 1.79 bits per heavy atom. The zero-order valence-corrected chi connectivity index (χ0v) is 14.5. The number of benzene rings is 2. The van der Waals surface area contributed by atoms with Gasteiger partial charge in [0.05, 0.1) is 22.9 Å². The highest BCUT2D eigenvalue weighted by atomic mass is 35.5. The van der Waals surface area contributed by atoms with E-state index in [2.05, 4.69) is 0 Å². The Morgan fingerprint density at radius 1 is 1.08 bits per heavy atom. The summed E-state index contributed by atoms with van der Waals surface area (Å²) in [5.41, 5.74) is 1.86. The third-order valence-corrected chi connectivity index (χ3v) is 4.30. The van der Waals surface area contributed by atoms with Gasteiger partial charge in [-0.05, 0) is 37.6 Å². The van der Waals surface area contributed by atoms with E-state index in [1.165, 1.54) is 17.0 Å². The number of hydrogen-bond acceptors (Lipinski definition) is 3. The van der Waals surface area contributed by atoms with E-state index in [1.807, 2.05) is 31.2 Å². The molecule has 0 aromatic heterocycles. The van der Waals surface area contributed by atoms with E-state index in [0.29, 0.717) is 35.3 Å². The lowest BCUT2D eigenvalue weighted by atomic mass is 10.1. The molecule has 0 atom stereocenters. The molecule has 0 fully saturated rings. The van der Waals surface area contributed by atoms with Crippen LogP contribution in [0.25, 0.3) is 0 Å².